The van der Waals surface area contributed by atoms with E-state index in [4.69, 9.17) is 10.5 Å². The molecule has 1 unspecified atom stereocenters. The number of halogens is 3. The number of nitrogens with zero attached hydrogens (tertiary/aromatic N) is 2. The van der Waals surface area contributed by atoms with E-state index >= 15 is 0 Å². The van der Waals surface area contributed by atoms with Gasteiger partial charge in [-0.2, -0.15) is 18.3 Å². The molecule has 1 aromatic heterocycles. The number of rotatable bonds is 3. The number of aryl methyl sites for hydroxylation is 1. The van der Waals surface area contributed by atoms with Gasteiger partial charge in [0.25, 0.3) is 0 Å². The highest BCUT2D eigenvalue weighted by atomic mass is 19.4. The number of benzene rings is 1. The Bertz CT molecular complexity index is 637. The highest BCUT2D eigenvalue weighted by molar-refractivity contribution is 5.95. The summed E-state index contributed by atoms with van der Waals surface area (Å²) >= 11 is 0. The Balaban J connectivity index is 2.74. The first-order valence-electron chi connectivity index (χ1n) is 5.69. The Morgan fingerprint density at radius 3 is 2.45 bits per heavy atom. The Labute approximate surface area is 113 Å². The summed E-state index contributed by atoms with van der Waals surface area (Å²) < 4.78 is 50.1. The molecule has 0 aliphatic heterocycles. The van der Waals surface area contributed by atoms with Crippen LogP contribution in [0.2, 0.25) is 0 Å². The number of anilines is 1. The fourth-order valence-corrected chi connectivity index (χ4v) is 2.23. The molecule has 0 saturated heterocycles. The van der Waals surface area contributed by atoms with E-state index < -0.39 is 12.3 Å². The molecule has 0 saturated carbocycles. The SMILES string of the molecule is COc1c(C(OC)C(F)(F)F)ccc2c1c(N)nn2C. The number of hydrogen-bond donors (Lipinski definition) is 1. The summed E-state index contributed by atoms with van der Waals surface area (Å²) in [5.41, 5.74) is 6.19. The van der Waals surface area contributed by atoms with Crippen LogP contribution < -0.4 is 10.5 Å². The standard InChI is InChI=1S/C12H14F3N3O2/c1-18-7-5-4-6(10(20-3)12(13,14)15)9(19-2)8(7)11(16)17-18/h4-5,10H,1-3H3,(H2,16,17). The van der Waals surface area contributed by atoms with Crippen LogP contribution in [-0.4, -0.2) is 30.2 Å². The van der Waals surface area contributed by atoms with Gasteiger partial charge in [0.15, 0.2) is 11.9 Å². The Morgan fingerprint density at radius 1 is 1.30 bits per heavy atom. The lowest BCUT2D eigenvalue weighted by atomic mass is 10.0. The molecule has 2 aromatic rings. The minimum Gasteiger partial charge on any atom is -0.496 e. The third-order valence-electron chi connectivity index (χ3n) is 3.05. The van der Waals surface area contributed by atoms with Crippen molar-refractivity contribution in [1.29, 1.82) is 0 Å². The van der Waals surface area contributed by atoms with E-state index in [2.05, 4.69) is 9.84 Å². The smallest absolute Gasteiger partial charge is 0.418 e. The van der Waals surface area contributed by atoms with Crippen LogP contribution in [0, 0.1) is 0 Å². The van der Waals surface area contributed by atoms with Crippen molar-refractivity contribution in [1.82, 2.24) is 9.78 Å². The number of nitrogens with two attached hydrogens (primary N) is 1. The van der Waals surface area contributed by atoms with Gasteiger partial charge in [0.1, 0.15) is 5.75 Å². The normalized spacial score (nSPS) is 13.7. The molecule has 20 heavy (non-hydrogen) atoms. The van der Waals surface area contributed by atoms with Gasteiger partial charge in [0, 0.05) is 19.7 Å². The Kier molecular flexibility index (Phi) is 3.51. The molecule has 1 heterocycles. The van der Waals surface area contributed by atoms with Gasteiger partial charge in [-0.3, -0.25) is 4.68 Å². The van der Waals surface area contributed by atoms with E-state index in [1.807, 2.05) is 0 Å². The fraction of sp³-hybridized carbons (Fsp3) is 0.417. The zero-order valence-corrected chi connectivity index (χ0v) is 11.2. The lowest BCUT2D eigenvalue weighted by Crippen LogP contribution is -2.23. The fourth-order valence-electron chi connectivity index (χ4n) is 2.23. The number of ether oxygens (including phenoxy) is 2. The van der Waals surface area contributed by atoms with Crippen molar-refractivity contribution in [2.75, 3.05) is 20.0 Å². The second-order valence-electron chi connectivity index (χ2n) is 4.25. The molecule has 0 aliphatic carbocycles. The first-order valence-corrected chi connectivity index (χ1v) is 5.69. The molecule has 110 valence electrons. The molecule has 0 radical (unpaired) electrons. The van der Waals surface area contributed by atoms with Crippen LogP contribution in [0.3, 0.4) is 0 Å². The molecule has 0 amide bonds. The van der Waals surface area contributed by atoms with Gasteiger partial charge in [-0.25, -0.2) is 0 Å². The Hall–Kier alpha value is -1.96. The maximum atomic E-state index is 13.0. The topological polar surface area (TPSA) is 62.3 Å². The van der Waals surface area contributed by atoms with Crippen LogP contribution in [0.15, 0.2) is 12.1 Å². The summed E-state index contributed by atoms with van der Waals surface area (Å²) in [6.45, 7) is 0. The molecular formula is C12H14F3N3O2. The zero-order valence-electron chi connectivity index (χ0n) is 11.2. The molecule has 0 aliphatic rings. The van der Waals surface area contributed by atoms with Crippen LogP contribution in [0.5, 0.6) is 5.75 Å². The predicted molar refractivity (Wildman–Crippen MR) is 67.5 cm³/mol. The van der Waals surface area contributed by atoms with Crippen molar-refractivity contribution in [2.45, 2.75) is 12.3 Å². The highest BCUT2D eigenvalue weighted by Crippen LogP contribution is 2.43. The number of nitrogen functional groups attached to an aromatic ring is 1. The van der Waals surface area contributed by atoms with Gasteiger partial charge in [-0.05, 0) is 6.07 Å². The first-order chi connectivity index (χ1) is 9.31. The van der Waals surface area contributed by atoms with E-state index in [1.54, 1.807) is 7.05 Å². The van der Waals surface area contributed by atoms with Gasteiger partial charge < -0.3 is 15.2 Å². The molecule has 0 bridgehead atoms. The number of fused-ring (bicyclic) bond motifs is 1. The average molecular weight is 289 g/mol. The maximum Gasteiger partial charge on any atom is 0.418 e. The molecule has 8 heteroatoms. The van der Waals surface area contributed by atoms with Crippen molar-refractivity contribution in [3.8, 4) is 5.75 Å². The van der Waals surface area contributed by atoms with Crippen LogP contribution >= 0.6 is 0 Å². The molecule has 0 fully saturated rings. The van der Waals surface area contributed by atoms with Gasteiger partial charge in [-0.1, -0.05) is 6.07 Å². The third-order valence-corrected chi connectivity index (χ3v) is 3.05. The zero-order chi connectivity index (χ0) is 15.1. The maximum absolute atomic E-state index is 13.0. The van der Waals surface area contributed by atoms with Gasteiger partial charge in [-0.15, -0.1) is 0 Å². The minimum atomic E-state index is -4.55. The first kappa shape index (κ1) is 14.4. The summed E-state index contributed by atoms with van der Waals surface area (Å²) in [6, 6.07) is 2.82. The quantitative estimate of drug-likeness (QED) is 0.942. The van der Waals surface area contributed by atoms with Crippen LogP contribution in [0.4, 0.5) is 19.0 Å². The average Bonchev–Trinajstić information content (AvgIpc) is 2.64. The van der Waals surface area contributed by atoms with Crippen molar-refractivity contribution in [3.05, 3.63) is 17.7 Å². The monoisotopic (exact) mass is 289 g/mol. The highest BCUT2D eigenvalue weighted by Gasteiger charge is 2.43. The summed E-state index contributed by atoms with van der Waals surface area (Å²) in [7, 11) is 3.93. The molecule has 1 aromatic carbocycles. The van der Waals surface area contributed by atoms with Crippen LogP contribution in [0.25, 0.3) is 10.9 Å². The predicted octanol–water partition coefficient (Wildman–Crippen LogP) is 2.41. The lowest BCUT2D eigenvalue weighted by molar-refractivity contribution is -0.216. The van der Waals surface area contributed by atoms with Crippen molar-refractivity contribution in [3.63, 3.8) is 0 Å². The number of aromatic nitrogens is 2. The van der Waals surface area contributed by atoms with Crippen molar-refractivity contribution in [2.24, 2.45) is 7.05 Å². The molecule has 1 atom stereocenters. The van der Waals surface area contributed by atoms with Crippen LogP contribution in [-0.2, 0) is 11.8 Å². The van der Waals surface area contributed by atoms with E-state index in [9.17, 15) is 13.2 Å². The minimum absolute atomic E-state index is 0.0253. The second-order valence-corrected chi connectivity index (χ2v) is 4.25. The van der Waals surface area contributed by atoms with Gasteiger partial charge >= 0.3 is 6.18 Å². The summed E-state index contributed by atoms with van der Waals surface area (Å²) in [6.07, 6.45) is -6.63. The summed E-state index contributed by atoms with van der Waals surface area (Å²) in [5.74, 6) is 0.135. The summed E-state index contributed by atoms with van der Waals surface area (Å²) in [4.78, 5) is 0. The van der Waals surface area contributed by atoms with E-state index in [1.165, 1.54) is 23.9 Å². The van der Waals surface area contributed by atoms with Crippen molar-refractivity contribution >= 4 is 16.7 Å². The second kappa shape index (κ2) is 4.86. The summed E-state index contributed by atoms with van der Waals surface area (Å²) in [5, 5.41) is 4.33. The molecular weight excluding hydrogens is 275 g/mol. The molecule has 5 nitrogen and oxygen atoms in total. The molecule has 0 spiro atoms. The third kappa shape index (κ3) is 2.15. The van der Waals surface area contributed by atoms with Gasteiger partial charge in [0.05, 0.1) is 18.0 Å². The van der Waals surface area contributed by atoms with Crippen LogP contribution in [0.1, 0.15) is 11.7 Å². The van der Waals surface area contributed by atoms with Crippen molar-refractivity contribution < 1.29 is 22.6 Å². The van der Waals surface area contributed by atoms with E-state index in [-0.39, 0.29) is 17.1 Å². The van der Waals surface area contributed by atoms with E-state index in [0.717, 1.165) is 7.11 Å². The van der Waals surface area contributed by atoms with Gasteiger partial charge in [0.2, 0.25) is 0 Å². The Morgan fingerprint density at radius 2 is 1.95 bits per heavy atom. The lowest BCUT2D eigenvalue weighted by Gasteiger charge is -2.21. The molecule has 2 N–H and O–H groups in total. The number of alkyl halides is 3. The largest absolute Gasteiger partial charge is 0.496 e. The van der Waals surface area contributed by atoms with E-state index in [0.29, 0.717) is 10.9 Å². The molecule has 2 rings (SSSR count). The number of methoxy groups -OCH3 is 2. The number of hydrogen-bond acceptors (Lipinski definition) is 4.